The standard InChI is InChI=1S/C15H27F3N2/c16-15(17,18)12-20-8-7-14(11-20)10-19-9-13-5-3-1-2-4-6-13/h13-14,19H,1-12H2. The maximum atomic E-state index is 12.3. The monoisotopic (exact) mass is 292 g/mol. The van der Waals surface area contributed by atoms with Crippen LogP contribution in [0.15, 0.2) is 0 Å². The molecule has 0 bridgehead atoms. The molecule has 0 aromatic carbocycles. The summed E-state index contributed by atoms with van der Waals surface area (Å²) in [5.74, 6) is 1.17. The van der Waals surface area contributed by atoms with Gasteiger partial charge in [0.1, 0.15) is 0 Å². The maximum absolute atomic E-state index is 12.3. The number of hydrogen-bond donors (Lipinski definition) is 1. The van der Waals surface area contributed by atoms with Crippen LogP contribution in [0.5, 0.6) is 0 Å². The van der Waals surface area contributed by atoms with E-state index in [1.165, 1.54) is 43.4 Å². The third-order valence-electron chi connectivity index (χ3n) is 4.61. The van der Waals surface area contributed by atoms with Crippen molar-refractivity contribution in [2.24, 2.45) is 11.8 Å². The van der Waals surface area contributed by atoms with Crippen molar-refractivity contribution in [3.05, 3.63) is 0 Å². The minimum atomic E-state index is -4.05. The van der Waals surface area contributed by atoms with E-state index in [1.54, 1.807) is 0 Å². The van der Waals surface area contributed by atoms with Crippen LogP contribution in [0.1, 0.15) is 44.9 Å². The molecule has 0 aromatic heterocycles. The van der Waals surface area contributed by atoms with Gasteiger partial charge in [-0.1, -0.05) is 25.7 Å². The predicted octanol–water partition coefficient (Wildman–Crippen LogP) is 3.43. The minimum absolute atomic E-state index is 0.392. The molecule has 0 radical (unpaired) electrons. The minimum Gasteiger partial charge on any atom is -0.316 e. The SMILES string of the molecule is FC(F)(F)CN1CCC(CNCC2CCCCCC2)C1. The molecule has 0 aromatic rings. The lowest BCUT2D eigenvalue weighted by atomic mass is 10.00. The van der Waals surface area contributed by atoms with E-state index in [4.69, 9.17) is 0 Å². The number of nitrogens with zero attached hydrogens (tertiary/aromatic N) is 1. The van der Waals surface area contributed by atoms with Gasteiger partial charge in [0.25, 0.3) is 0 Å². The van der Waals surface area contributed by atoms with E-state index >= 15 is 0 Å². The van der Waals surface area contributed by atoms with Gasteiger partial charge in [-0.05, 0) is 50.7 Å². The van der Waals surface area contributed by atoms with Crippen molar-refractivity contribution in [2.45, 2.75) is 51.1 Å². The Morgan fingerprint density at radius 3 is 2.20 bits per heavy atom. The summed E-state index contributed by atoms with van der Waals surface area (Å²) in [6, 6.07) is 0. The van der Waals surface area contributed by atoms with Gasteiger partial charge in [0.2, 0.25) is 0 Å². The number of likely N-dealkylation sites (tertiary alicyclic amines) is 1. The molecule has 5 heteroatoms. The van der Waals surface area contributed by atoms with Crippen LogP contribution >= 0.6 is 0 Å². The van der Waals surface area contributed by atoms with Crippen LogP contribution in [0.25, 0.3) is 0 Å². The molecule has 1 saturated carbocycles. The first-order valence-electron chi connectivity index (χ1n) is 8.03. The highest BCUT2D eigenvalue weighted by atomic mass is 19.4. The van der Waals surface area contributed by atoms with Crippen molar-refractivity contribution < 1.29 is 13.2 Å². The van der Waals surface area contributed by atoms with Crippen LogP contribution in [0, 0.1) is 11.8 Å². The molecule has 0 amide bonds. The van der Waals surface area contributed by atoms with Crippen molar-refractivity contribution in [3.63, 3.8) is 0 Å². The first-order valence-corrected chi connectivity index (χ1v) is 8.03. The first-order chi connectivity index (χ1) is 9.53. The molecule has 2 nitrogen and oxygen atoms in total. The Kier molecular flexibility index (Phi) is 6.15. The second kappa shape index (κ2) is 7.64. The number of hydrogen-bond acceptors (Lipinski definition) is 2. The van der Waals surface area contributed by atoms with Gasteiger partial charge in [0.05, 0.1) is 6.54 Å². The Balaban J connectivity index is 1.58. The number of rotatable bonds is 5. The van der Waals surface area contributed by atoms with E-state index in [0.717, 1.165) is 25.4 Å². The molecule has 20 heavy (non-hydrogen) atoms. The third-order valence-corrected chi connectivity index (χ3v) is 4.61. The van der Waals surface area contributed by atoms with Crippen LogP contribution in [-0.4, -0.2) is 43.8 Å². The van der Waals surface area contributed by atoms with Crippen molar-refractivity contribution in [1.82, 2.24) is 10.2 Å². The zero-order chi connectivity index (χ0) is 14.4. The van der Waals surface area contributed by atoms with Crippen LogP contribution in [0.3, 0.4) is 0 Å². The molecular weight excluding hydrogens is 265 g/mol. The highest BCUT2D eigenvalue weighted by Crippen LogP contribution is 2.24. The first kappa shape index (κ1) is 16.1. The summed E-state index contributed by atoms with van der Waals surface area (Å²) in [5.41, 5.74) is 0. The molecule has 118 valence electrons. The lowest BCUT2D eigenvalue weighted by Crippen LogP contribution is -2.34. The van der Waals surface area contributed by atoms with Gasteiger partial charge in [-0.25, -0.2) is 0 Å². The lowest BCUT2D eigenvalue weighted by Gasteiger charge is -2.19. The molecule has 2 rings (SSSR count). The van der Waals surface area contributed by atoms with Crippen molar-refractivity contribution in [1.29, 1.82) is 0 Å². The van der Waals surface area contributed by atoms with Gasteiger partial charge in [-0.3, -0.25) is 4.90 Å². The molecule has 2 fully saturated rings. The van der Waals surface area contributed by atoms with E-state index in [0.29, 0.717) is 19.0 Å². The zero-order valence-electron chi connectivity index (χ0n) is 12.2. The quantitative estimate of drug-likeness (QED) is 0.781. The van der Waals surface area contributed by atoms with Crippen molar-refractivity contribution >= 4 is 0 Å². The van der Waals surface area contributed by atoms with Gasteiger partial charge in [-0.15, -0.1) is 0 Å². The summed E-state index contributed by atoms with van der Waals surface area (Å²) in [6.45, 7) is 2.37. The fraction of sp³-hybridized carbons (Fsp3) is 1.00. The number of halogens is 3. The second-order valence-electron chi connectivity index (χ2n) is 6.52. The highest BCUT2D eigenvalue weighted by molar-refractivity contribution is 4.79. The van der Waals surface area contributed by atoms with E-state index in [1.807, 2.05) is 0 Å². The van der Waals surface area contributed by atoms with Crippen LogP contribution in [-0.2, 0) is 0 Å². The smallest absolute Gasteiger partial charge is 0.316 e. The Bertz CT molecular complexity index is 273. The average Bonchev–Trinajstić information content (AvgIpc) is 2.62. The van der Waals surface area contributed by atoms with E-state index in [-0.39, 0.29) is 0 Å². The fourth-order valence-electron chi connectivity index (χ4n) is 3.54. The van der Waals surface area contributed by atoms with E-state index in [9.17, 15) is 13.2 Å². The van der Waals surface area contributed by atoms with Gasteiger partial charge < -0.3 is 5.32 Å². The molecule has 1 heterocycles. The Labute approximate surface area is 120 Å². The van der Waals surface area contributed by atoms with Crippen LogP contribution in [0.4, 0.5) is 13.2 Å². The number of alkyl halides is 3. The molecular formula is C15H27F3N2. The average molecular weight is 292 g/mol. The maximum Gasteiger partial charge on any atom is 0.401 e. The van der Waals surface area contributed by atoms with E-state index < -0.39 is 12.7 Å². The van der Waals surface area contributed by atoms with Crippen LogP contribution in [0.2, 0.25) is 0 Å². The molecule has 2 aliphatic rings. The molecule has 1 atom stereocenters. The zero-order valence-corrected chi connectivity index (χ0v) is 12.2. The second-order valence-corrected chi connectivity index (χ2v) is 6.52. The topological polar surface area (TPSA) is 15.3 Å². The van der Waals surface area contributed by atoms with Gasteiger partial charge in [0, 0.05) is 6.54 Å². The normalized spacial score (nSPS) is 26.9. The molecule has 0 spiro atoms. The Morgan fingerprint density at radius 1 is 0.900 bits per heavy atom. The fourth-order valence-corrected chi connectivity index (χ4v) is 3.54. The Morgan fingerprint density at radius 2 is 1.55 bits per heavy atom. The Hall–Kier alpha value is -0.290. The van der Waals surface area contributed by atoms with E-state index in [2.05, 4.69) is 5.32 Å². The van der Waals surface area contributed by atoms with Gasteiger partial charge >= 0.3 is 6.18 Å². The molecule has 1 unspecified atom stereocenters. The molecule has 1 N–H and O–H groups in total. The van der Waals surface area contributed by atoms with Gasteiger partial charge in [0.15, 0.2) is 0 Å². The van der Waals surface area contributed by atoms with Crippen LogP contribution < -0.4 is 5.32 Å². The molecule has 1 aliphatic carbocycles. The lowest BCUT2D eigenvalue weighted by molar-refractivity contribution is -0.143. The molecule has 1 aliphatic heterocycles. The summed E-state index contributed by atoms with van der Waals surface area (Å²) >= 11 is 0. The van der Waals surface area contributed by atoms with Crippen molar-refractivity contribution in [2.75, 3.05) is 32.7 Å². The summed E-state index contributed by atoms with van der Waals surface area (Å²) in [7, 11) is 0. The van der Waals surface area contributed by atoms with Gasteiger partial charge in [-0.2, -0.15) is 13.2 Å². The summed E-state index contributed by atoms with van der Waals surface area (Å²) in [4.78, 5) is 1.54. The third kappa shape index (κ3) is 6.00. The summed E-state index contributed by atoms with van der Waals surface area (Å²) < 4.78 is 36.9. The molecule has 1 saturated heterocycles. The largest absolute Gasteiger partial charge is 0.401 e. The summed E-state index contributed by atoms with van der Waals surface area (Å²) in [5, 5.41) is 3.50. The van der Waals surface area contributed by atoms with Crippen molar-refractivity contribution in [3.8, 4) is 0 Å². The highest BCUT2D eigenvalue weighted by Gasteiger charge is 2.34. The predicted molar refractivity (Wildman–Crippen MR) is 74.7 cm³/mol. The summed E-state index contributed by atoms with van der Waals surface area (Å²) in [6.07, 6.45) is 4.90. The number of nitrogens with one attached hydrogen (secondary N) is 1.